The number of aromatic nitrogens is 2. The average molecular weight is 241 g/mol. The van der Waals surface area contributed by atoms with Crippen molar-refractivity contribution < 1.29 is 0 Å². The molecule has 0 bridgehead atoms. The van der Waals surface area contributed by atoms with E-state index < -0.39 is 0 Å². The molecule has 0 unspecified atom stereocenters. The molecule has 3 rings (SSSR count). The van der Waals surface area contributed by atoms with Crippen LogP contribution < -0.4 is 5.32 Å². The topological polar surface area (TPSA) is 29.9 Å². The fourth-order valence-electron chi connectivity index (χ4n) is 2.27. The van der Waals surface area contributed by atoms with E-state index in [9.17, 15) is 0 Å². The van der Waals surface area contributed by atoms with Crippen molar-refractivity contribution in [3.05, 3.63) is 53.3 Å². The molecule has 0 aliphatic heterocycles. The van der Waals surface area contributed by atoms with Gasteiger partial charge in [-0.1, -0.05) is 24.3 Å². The van der Waals surface area contributed by atoms with Gasteiger partial charge in [-0.05, 0) is 36.0 Å². The van der Waals surface area contributed by atoms with E-state index in [1.807, 2.05) is 24.0 Å². The molecule has 0 spiro atoms. The molecule has 1 saturated carbocycles. The number of hydrogen-bond acceptors (Lipinski definition) is 2. The lowest BCUT2D eigenvalue weighted by molar-refractivity contribution is 0.656. The predicted octanol–water partition coefficient (Wildman–Crippen LogP) is 2.59. The van der Waals surface area contributed by atoms with Gasteiger partial charge in [-0.3, -0.25) is 4.68 Å². The van der Waals surface area contributed by atoms with E-state index in [4.69, 9.17) is 0 Å². The molecule has 0 saturated heterocycles. The van der Waals surface area contributed by atoms with Crippen molar-refractivity contribution >= 4 is 0 Å². The van der Waals surface area contributed by atoms with Gasteiger partial charge in [0.2, 0.25) is 0 Å². The van der Waals surface area contributed by atoms with Crippen LogP contribution in [-0.4, -0.2) is 9.78 Å². The lowest BCUT2D eigenvalue weighted by atomic mass is 10.1. The Balaban J connectivity index is 1.54. The van der Waals surface area contributed by atoms with Gasteiger partial charge >= 0.3 is 0 Å². The van der Waals surface area contributed by atoms with E-state index in [-0.39, 0.29) is 0 Å². The van der Waals surface area contributed by atoms with Gasteiger partial charge in [0.05, 0.1) is 5.69 Å². The Morgan fingerprint density at radius 3 is 2.89 bits per heavy atom. The number of rotatable bonds is 5. The summed E-state index contributed by atoms with van der Waals surface area (Å²) in [5.41, 5.74) is 3.97. The zero-order chi connectivity index (χ0) is 12.4. The van der Waals surface area contributed by atoms with E-state index in [1.54, 1.807) is 0 Å². The predicted molar refractivity (Wildman–Crippen MR) is 72.2 cm³/mol. The molecular weight excluding hydrogens is 222 g/mol. The standard InChI is InChI=1S/C15H19N3/c1-18-8-7-15(17-18)11-16-10-12-3-2-4-14(9-12)13-5-6-13/h2-4,7-9,13,16H,5-6,10-11H2,1H3. The van der Waals surface area contributed by atoms with Gasteiger partial charge in [-0.15, -0.1) is 0 Å². The van der Waals surface area contributed by atoms with Crippen LogP contribution in [0, 0.1) is 0 Å². The first kappa shape index (κ1) is 11.5. The van der Waals surface area contributed by atoms with Crippen LogP contribution in [0.15, 0.2) is 36.5 Å². The minimum atomic E-state index is 0.828. The van der Waals surface area contributed by atoms with Crippen LogP contribution in [0.4, 0.5) is 0 Å². The quantitative estimate of drug-likeness (QED) is 0.872. The SMILES string of the molecule is Cn1ccc(CNCc2cccc(C3CC3)c2)n1. The Labute approximate surface area is 108 Å². The van der Waals surface area contributed by atoms with E-state index in [0.29, 0.717) is 0 Å². The van der Waals surface area contributed by atoms with E-state index >= 15 is 0 Å². The highest BCUT2D eigenvalue weighted by Crippen LogP contribution is 2.40. The van der Waals surface area contributed by atoms with Crippen LogP contribution in [-0.2, 0) is 20.1 Å². The molecule has 0 amide bonds. The van der Waals surface area contributed by atoms with Crippen molar-refractivity contribution in [2.24, 2.45) is 7.05 Å². The largest absolute Gasteiger partial charge is 0.307 e. The van der Waals surface area contributed by atoms with Crippen LogP contribution in [0.1, 0.15) is 35.6 Å². The van der Waals surface area contributed by atoms with Gasteiger partial charge in [0.1, 0.15) is 0 Å². The second-order valence-corrected chi connectivity index (χ2v) is 5.10. The Morgan fingerprint density at radius 1 is 1.28 bits per heavy atom. The number of nitrogens with zero attached hydrogens (tertiary/aromatic N) is 2. The van der Waals surface area contributed by atoms with Crippen molar-refractivity contribution in [2.75, 3.05) is 0 Å². The first-order valence-corrected chi connectivity index (χ1v) is 6.59. The smallest absolute Gasteiger partial charge is 0.0762 e. The lowest BCUT2D eigenvalue weighted by Gasteiger charge is -2.05. The molecule has 3 heteroatoms. The molecule has 3 nitrogen and oxygen atoms in total. The lowest BCUT2D eigenvalue weighted by Crippen LogP contribution is -2.13. The fraction of sp³-hybridized carbons (Fsp3) is 0.400. The third-order valence-corrected chi connectivity index (χ3v) is 3.40. The highest BCUT2D eigenvalue weighted by molar-refractivity contribution is 5.29. The summed E-state index contributed by atoms with van der Waals surface area (Å²) in [5, 5.41) is 7.79. The first-order chi connectivity index (χ1) is 8.81. The van der Waals surface area contributed by atoms with E-state index in [1.165, 1.54) is 24.0 Å². The third-order valence-electron chi connectivity index (χ3n) is 3.40. The molecule has 0 atom stereocenters. The molecule has 2 aromatic rings. The minimum Gasteiger partial charge on any atom is -0.307 e. The normalized spacial score (nSPS) is 14.9. The van der Waals surface area contributed by atoms with E-state index in [0.717, 1.165) is 24.7 Å². The Morgan fingerprint density at radius 2 is 2.17 bits per heavy atom. The highest BCUT2D eigenvalue weighted by Gasteiger charge is 2.23. The summed E-state index contributed by atoms with van der Waals surface area (Å²) in [6.45, 7) is 1.74. The zero-order valence-electron chi connectivity index (χ0n) is 10.8. The number of benzene rings is 1. The molecule has 1 fully saturated rings. The maximum Gasteiger partial charge on any atom is 0.0762 e. The molecule has 1 N–H and O–H groups in total. The number of aryl methyl sites for hydroxylation is 1. The van der Waals surface area contributed by atoms with Crippen molar-refractivity contribution in [3.63, 3.8) is 0 Å². The molecule has 0 radical (unpaired) electrons. The van der Waals surface area contributed by atoms with Crippen LogP contribution in [0.2, 0.25) is 0 Å². The second kappa shape index (κ2) is 4.94. The van der Waals surface area contributed by atoms with Crippen molar-refractivity contribution in [3.8, 4) is 0 Å². The van der Waals surface area contributed by atoms with Crippen LogP contribution >= 0.6 is 0 Å². The molecule has 1 aliphatic rings. The molecule has 18 heavy (non-hydrogen) atoms. The summed E-state index contributed by atoms with van der Waals surface area (Å²) in [6.07, 6.45) is 4.71. The fourth-order valence-corrected chi connectivity index (χ4v) is 2.27. The van der Waals surface area contributed by atoms with Gasteiger partial charge in [0.15, 0.2) is 0 Å². The minimum absolute atomic E-state index is 0.828. The van der Waals surface area contributed by atoms with Gasteiger partial charge in [0.25, 0.3) is 0 Å². The zero-order valence-corrected chi connectivity index (χ0v) is 10.8. The summed E-state index contributed by atoms with van der Waals surface area (Å²) in [6, 6.07) is 11.0. The van der Waals surface area contributed by atoms with E-state index in [2.05, 4.69) is 34.7 Å². The van der Waals surface area contributed by atoms with Crippen LogP contribution in [0.5, 0.6) is 0 Å². The van der Waals surface area contributed by atoms with Crippen LogP contribution in [0.25, 0.3) is 0 Å². The van der Waals surface area contributed by atoms with Crippen molar-refractivity contribution in [1.82, 2.24) is 15.1 Å². The number of nitrogens with one attached hydrogen (secondary N) is 1. The maximum absolute atomic E-state index is 4.35. The summed E-state index contributed by atoms with van der Waals surface area (Å²) < 4.78 is 1.84. The number of hydrogen-bond donors (Lipinski definition) is 1. The summed E-state index contributed by atoms with van der Waals surface area (Å²) in [4.78, 5) is 0. The summed E-state index contributed by atoms with van der Waals surface area (Å²) in [5.74, 6) is 0.834. The molecule has 1 aliphatic carbocycles. The molecule has 94 valence electrons. The Hall–Kier alpha value is -1.61. The first-order valence-electron chi connectivity index (χ1n) is 6.59. The summed E-state index contributed by atoms with van der Waals surface area (Å²) >= 11 is 0. The average Bonchev–Trinajstić information content (AvgIpc) is 3.14. The Bertz CT molecular complexity index is 526. The van der Waals surface area contributed by atoms with Crippen molar-refractivity contribution in [2.45, 2.75) is 31.8 Å². The Kier molecular flexibility index (Phi) is 3.15. The molecule has 1 heterocycles. The molecule has 1 aromatic carbocycles. The van der Waals surface area contributed by atoms with Crippen molar-refractivity contribution in [1.29, 1.82) is 0 Å². The highest BCUT2D eigenvalue weighted by atomic mass is 15.3. The van der Waals surface area contributed by atoms with Gasteiger partial charge < -0.3 is 5.32 Å². The van der Waals surface area contributed by atoms with Gasteiger partial charge in [0, 0.05) is 26.3 Å². The second-order valence-electron chi connectivity index (χ2n) is 5.10. The van der Waals surface area contributed by atoms with Crippen LogP contribution in [0.3, 0.4) is 0 Å². The molecular formula is C15H19N3. The molecule has 1 aromatic heterocycles. The summed E-state index contributed by atoms with van der Waals surface area (Å²) in [7, 11) is 1.95. The van der Waals surface area contributed by atoms with Gasteiger partial charge in [-0.25, -0.2) is 0 Å². The monoisotopic (exact) mass is 241 g/mol. The maximum atomic E-state index is 4.35. The third kappa shape index (κ3) is 2.79. The van der Waals surface area contributed by atoms with Gasteiger partial charge in [-0.2, -0.15) is 5.10 Å².